The van der Waals surface area contributed by atoms with Gasteiger partial charge in [0, 0.05) is 7.05 Å². The summed E-state index contributed by atoms with van der Waals surface area (Å²) in [7, 11) is 1.74. The number of rotatable bonds is 2. The predicted molar refractivity (Wildman–Crippen MR) is 71.9 cm³/mol. The Balaban J connectivity index is 2.29. The van der Waals surface area contributed by atoms with Crippen LogP contribution in [0.3, 0.4) is 0 Å². The summed E-state index contributed by atoms with van der Waals surface area (Å²) in [6.07, 6.45) is 0. The third-order valence-corrected chi connectivity index (χ3v) is 3.68. The van der Waals surface area contributed by atoms with Crippen LogP contribution < -0.4 is 11.1 Å². The Morgan fingerprint density at radius 3 is 2.44 bits per heavy atom. The molecule has 6 nitrogen and oxygen atoms in total. The van der Waals surface area contributed by atoms with Crippen LogP contribution in [0.4, 0.5) is 11.5 Å². The van der Waals surface area contributed by atoms with E-state index in [0.717, 1.165) is 10.7 Å². The number of aromatic nitrogens is 3. The van der Waals surface area contributed by atoms with E-state index in [0.29, 0.717) is 22.1 Å². The number of anilines is 2. The second-order valence-electron chi connectivity index (χ2n) is 4.07. The van der Waals surface area contributed by atoms with Crippen molar-refractivity contribution in [1.82, 2.24) is 14.8 Å². The molecule has 0 aliphatic rings. The van der Waals surface area contributed by atoms with Gasteiger partial charge in [-0.2, -0.15) is 5.10 Å². The highest BCUT2D eigenvalue weighted by molar-refractivity contribution is 7.13. The molecular weight excluding hydrogens is 250 g/mol. The molecule has 0 aliphatic carbocycles. The lowest BCUT2D eigenvalue weighted by atomic mass is 10.3. The first kappa shape index (κ1) is 12.6. The van der Waals surface area contributed by atoms with Gasteiger partial charge in [0.25, 0.3) is 5.91 Å². The molecule has 0 unspecified atom stereocenters. The molecule has 0 radical (unpaired) electrons. The summed E-state index contributed by atoms with van der Waals surface area (Å²) in [5.74, 6) is 0.316. The second-order valence-corrected chi connectivity index (χ2v) is 5.28. The summed E-state index contributed by atoms with van der Waals surface area (Å²) < 4.78 is 1.56. The summed E-state index contributed by atoms with van der Waals surface area (Å²) in [6, 6.07) is 0. The Labute approximate surface area is 109 Å². The van der Waals surface area contributed by atoms with Gasteiger partial charge >= 0.3 is 0 Å². The molecular formula is C11H15N5OS. The number of hydrogen-bond acceptors (Lipinski definition) is 5. The molecule has 18 heavy (non-hydrogen) atoms. The number of amides is 1. The predicted octanol–water partition coefficient (Wildman–Crippen LogP) is 1.64. The topological polar surface area (TPSA) is 85.8 Å². The summed E-state index contributed by atoms with van der Waals surface area (Å²) in [4.78, 5) is 17.0. The number of hydrogen-bond donors (Lipinski definition) is 2. The van der Waals surface area contributed by atoms with Gasteiger partial charge < -0.3 is 11.1 Å². The van der Waals surface area contributed by atoms with E-state index in [4.69, 9.17) is 5.73 Å². The van der Waals surface area contributed by atoms with E-state index >= 15 is 0 Å². The molecule has 0 aromatic carbocycles. The smallest absolute Gasteiger partial charge is 0.268 e. The maximum Gasteiger partial charge on any atom is 0.268 e. The molecule has 2 rings (SSSR count). The Morgan fingerprint density at radius 2 is 2.00 bits per heavy atom. The molecule has 2 heterocycles. The zero-order chi connectivity index (χ0) is 13.4. The quantitative estimate of drug-likeness (QED) is 0.864. The Morgan fingerprint density at radius 1 is 1.33 bits per heavy atom. The average Bonchev–Trinajstić information content (AvgIpc) is 2.73. The molecule has 2 aromatic rings. The van der Waals surface area contributed by atoms with Crippen LogP contribution in [-0.4, -0.2) is 20.7 Å². The first-order valence-electron chi connectivity index (χ1n) is 5.44. The molecule has 2 aromatic heterocycles. The highest BCUT2D eigenvalue weighted by atomic mass is 32.1. The molecule has 0 fully saturated rings. The van der Waals surface area contributed by atoms with Crippen LogP contribution in [0.25, 0.3) is 0 Å². The van der Waals surface area contributed by atoms with Crippen molar-refractivity contribution < 1.29 is 4.79 Å². The van der Waals surface area contributed by atoms with Crippen LogP contribution in [0, 0.1) is 20.8 Å². The maximum absolute atomic E-state index is 12.1. The molecule has 0 atom stereocenters. The number of nitrogens with zero attached hydrogens (tertiary/aromatic N) is 3. The maximum atomic E-state index is 12.1. The standard InChI is InChI=1S/C11H15N5OS/c1-5-8(12)10(16(4)15-5)14-11(17)9-6(2)13-7(3)18-9/h12H2,1-4H3,(H,14,17). The minimum Gasteiger partial charge on any atom is -0.394 e. The van der Waals surface area contributed by atoms with Gasteiger partial charge in [-0.1, -0.05) is 0 Å². The molecule has 0 bridgehead atoms. The molecule has 7 heteroatoms. The summed E-state index contributed by atoms with van der Waals surface area (Å²) in [6.45, 7) is 5.49. The van der Waals surface area contributed by atoms with Crippen molar-refractivity contribution in [3.8, 4) is 0 Å². The molecule has 0 saturated carbocycles. The van der Waals surface area contributed by atoms with E-state index < -0.39 is 0 Å². The number of carbonyl (C=O) groups is 1. The van der Waals surface area contributed by atoms with Crippen LogP contribution in [-0.2, 0) is 7.05 Å². The molecule has 3 N–H and O–H groups in total. The third kappa shape index (κ3) is 2.08. The van der Waals surface area contributed by atoms with E-state index in [1.807, 2.05) is 13.8 Å². The van der Waals surface area contributed by atoms with Crippen molar-refractivity contribution in [2.45, 2.75) is 20.8 Å². The number of nitrogens with one attached hydrogen (secondary N) is 1. The van der Waals surface area contributed by atoms with Gasteiger partial charge in [-0.3, -0.25) is 9.48 Å². The Kier molecular flexibility index (Phi) is 3.08. The number of aryl methyl sites for hydroxylation is 4. The lowest BCUT2D eigenvalue weighted by Crippen LogP contribution is -2.15. The fourth-order valence-corrected chi connectivity index (χ4v) is 2.54. The van der Waals surface area contributed by atoms with E-state index in [-0.39, 0.29) is 5.91 Å². The second kappa shape index (κ2) is 4.41. The SMILES string of the molecule is Cc1nc(C)c(C(=O)Nc2c(N)c(C)nn2C)s1. The van der Waals surface area contributed by atoms with Gasteiger partial charge in [0.05, 0.1) is 22.1 Å². The summed E-state index contributed by atoms with van der Waals surface area (Å²) in [5.41, 5.74) is 7.78. The van der Waals surface area contributed by atoms with Crippen LogP contribution >= 0.6 is 11.3 Å². The largest absolute Gasteiger partial charge is 0.394 e. The highest BCUT2D eigenvalue weighted by Gasteiger charge is 2.18. The fraction of sp³-hybridized carbons (Fsp3) is 0.364. The van der Waals surface area contributed by atoms with Gasteiger partial charge in [0.1, 0.15) is 4.88 Å². The molecule has 0 saturated heterocycles. The number of carbonyl (C=O) groups excluding carboxylic acids is 1. The van der Waals surface area contributed by atoms with Crippen molar-refractivity contribution >= 4 is 28.7 Å². The summed E-state index contributed by atoms with van der Waals surface area (Å²) in [5, 5.41) is 7.79. The summed E-state index contributed by atoms with van der Waals surface area (Å²) >= 11 is 1.37. The molecule has 96 valence electrons. The lowest BCUT2D eigenvalue weighted by molar-refractivity contribution is 0.102. The monoisotopic (exact) mass is 265 g/mol. The highest BCUT2D eigenvalue weighted by Crippen LogP contribution is 2.23. The fourth-order valence-electron chi connectivity index (χ4n) is 1.73. The van der Waals surface area contributed by atoms with Crippen molar-refractivity contribution in [3.63, 3.8) is 0 Å². The zero-order valence-electron chi connectivity index (χ0n) is 10.7. The van der Waals surface area contributed by atoms with E-state index in [1.165, 1.54) is 11.3 Å². The van der Waals surface area contributed by atoms with Crippen molar-refractivity contribution in [3.05, 3.63) is 21.3 Å². The van der Waals surface area contributed by atoms with Gasteiger partial charge in [0.2, 0.25) is 0 Å². The molecule has 0 aliphatic heterocycles. The van der Waals surface area contributed by atoms with Gasteiger partial charge in [-0.15, -0.1) is 11.3 Å². The van der Waals surface area contributed by atoms with Gasteiger partial charge in [-0.05, 0) is 20.8 Å². The first-order chi connectivity index (χ1) is 8.40. The lowest BCUT2D eigenvalue weighted by Gasteiger charge is -2.05. The van der Waals surface area contributed by atoms with Gasteiger partial charge in [-0.25, -0.2) is 4.98 Å². The Hall–Kier alpha value is -1.89. The van der Waals surface area contributed by atoms with Crippen molar-refractivity contribution in [1.29, 1.82) is 0 Å². The van der Waals surface area contributed by atoms with Crippen LogP contribution in [0.15, 0.2) is 0 Å². The van der Waals surface area contributed by atoms with Crippen LogP contribution in [0.2, 0.25) is 0 Å². The minimum atomic E-state index is -0.201. The normalized spacial score (nSPS) is 10.7. The van der Waals surface area contributed by atoms with E-state index in [9.17, 15) is 4.79 Å². The van der Waals surface area contributed by atoms with E-state index in [2.05, 4.69) is 15.4 Å². The molecule has 1 amide bonds. The molecule has 0 spiro atoms. The van der Waals surface area contributed by atoms with Gasteiger partial charge in [0.15, 0.2) is 5.82 Å². The first-order valence-corrected chi connectivity index (χ1v) is 6.26. The van der Waals surface area contributed by atoms with Crippen molar-refractivity contribution in [2.75, 3.05) is 11.1 Å². The number of nitrogen functional groups attached to an aromatic ring is 1. The van der Waals surface area contributed by atoms with Crippen molar-refractivity contribution in [2.24, 2.45) is 7.05 Å². The number of thiazole rings is 1. The average molecular weight is 265 g/mol. The van der Waals surface area contributed by atoms with Crippen LogP contribution in [0.5, 0.6) is 0 Å². The zero-order valence-corrected chi connectivity index (χ0v) is 11.6. The number of nitrogens with two attached hydrogens (primary N) is 1. The van der Waals surface area contributed by atoms with E-state index in [1.54, 1.807) is 18.7 Å². The Bertz CT molecular complexity index is 613. The van der Waals surface area contributed by atoms with Crippen LogP contribution in [0.1, 0.15) is 26.1 Å². The third-order valence-electron chi connectivity index (χ3n) is 2.61. The minimum absolute atomic E-state index is 0.201.